The number of nitrogens with one attached hydrogen (secondary N) is 1. The van der Waals surface area contributed by atoms with Gasteiger partial charge in [-0.05, 0) is 31.3 Å². The Morgan fingerprint density at radius 2 is 2.00 bits per heavy atom. The second-order valence-corrected chi connectivity index (χ2v) is 7.77. The van der Waals surface area contributed by atoms with Gasteiger partial charge in [-0.1, -0.05) is 6.07 Å². The number of aromatic carboxylic acids is 1. The van der Waals surface area contributed by atoms with Crippen LogP contribution in [0.4, 0.5) is 0 Å². The summed E-state index contributed by atoms with van der Waals surface area (Å²) in [6.07, 6.45) is -0.184. The SMILES string of the molecule is C[C@@H](N[C@H](CC(=O)O)C(N)=O)C(=O)N1CC(Oc2ccc3c(c2C(=O)O)OB(O)CC3)C1. The zero-order chi connectivity index (χ0) is 23.6. The van der Waals surface area contributed by atoms with E-state index in [1.807, 2.05) is 0 Å². The number of carboxylic acids is 2. The molecule has 12 nitrogen and oxygen atoms in total. The largest absolute Gasteiger partial charge is 0.535 e. The topological polar surface area (TPSA) is 189 Å². The first kappa shape index (κ1) is 23.4. The number of carbonyl (C=O) groups is 4. The van der Waals surface area contributed by atoms with Crippen molar-refractivity contribution < 1.29 is 43.8 Å². The van der Waals surface area contributed by atoms with Crippen LogP contribution in [0.25, 0.3) is 0 Å². The highest BCUT2D eigenvalue weighted by Crippen LogP contribution is 2.37. The van der Waals surface area contributed by atoms with Gasteiger partial charge in [0.25, 0.3) is 0 Å². The van der Waals surface area contributed by atoms with Crippen LogP contribution < -0.4 is 20.4 Å². The first-order valence-corrected chi connectivity index (χ1v) is 10.0. The van der Waals surface area contributed by atoms with E-state index in [1.165, 1.54) is 17.9 Å². The maximum atomic E-state index is 12.5. The summed E-state index contributed by atoms with van der Waals surface area (Å²) in [4.78, 5) is 48.0. The summed E-state index contributed by atoms with van der Waals surface area (Å²) in [6, 6.07) is 1.16. The maximum Gasteiger partial charge on any atom is 0.522 e. The van der Waals surface area contributed by atoms with Crippen molar-refractivity contribution in [2.45, 2.75) is 44.3 Å². The highest BCUT2D eigenvalue weighted by molar-refractivity contribution is 6.44. The Bertz CT molecular complexity index is 935. The monoisotopic (exact) mass is 449 g/mol. The molecule has 2 heterocycles. The zero-order valence-corrected chi connectivity index (χ0v) is 17.3. The van der Waals surface area contributed by atoms with E-state index in [1.54, 1.807) is 6.07 Å². The molecule has 1 saturated heterocycles. The van der Waals surface area contributed by atoms with Crippen molar-refractivity contribution >= 4 is 30.9 Å². The Morgan fingerprint density at radius 3 is 2.59 bits per heavy atom. The van der Waals surface area contributed by atoms with Gasteiger partial charge in [0.15, 0.2) is 0 Å². The quantitative estimate of drug-likeness (QED) is 0.283. The molecule has 6 N–H and O–H groups in total. The first-order chi connectivity index (χ1) is 15.1. The predicted molar refractivity (Wildman–Crippen MR) is 109 cm³/mol. The fraction of sp³-hybridized carbons (Fsp3) is 0.474. The molecular weight excluding hydrogens is 425 g/mol. The summed E-state index contributed by atoms with van der Waals surface area (Å²) < 4.78 is 11.1. The van der Waals surface area contributed by atoms with E-state index in [9.17, 15) is 29.3 Å². The molecule has 0 radical (unpaired) electrons. The number of primary amides is 1. The Hall–Kier alpha value is -3.32. The van der Waals surface area contributed by atoms with Gasteiger partial charge in [-0.3, -0.25) is 19.7 Å². The van der Waals surface area contributed by atoms with Crippen LogP contribution in [0.3, 0.4) is 0 Å². The molecule has 2 atom stereocenters. The molecule has 3 rings (SSSR count). The maximum absolute atomic E-state index is 12.5. The van der Waals surface area contributed by atoms with E-state index < -0.39 is 49.6 Å². The van der Waals surface area contributed by atoms with Gasteiger partial charge in [-0.25, -0.2) is 4.79 Å². The number of carboxylic acid groups (broad SMARTS) is 2. The van der Waals surface area contributed by atoms with Crippen molar-refractivity contribution in [3.63, 3.8) is 0 Å². The highest BCUT2D eigenvalue weighted by Gasteiger charge is 2.37. The number of hydrogen-bond donors (Lipinski definition) is 5. The van der Waals surface area contributed by atoms with E-state index in [2.05, 4.69) is 5.32 Å². The molecular formula is C19H24BN3O9. The summed E-state index contributed by atoms with van der Waals surface area (Å²) in [5, 5.41) is 30.8. The predicted octanol–water partition coefficient (Wildman–Crippen LogP) is -1.30. The van der Waals surface area contributed by atoms with E-state index >= 15 is 0 Å². The minimum atomic E-state index is -1.26. The van der Waals surface area contributed by atoms with Gasteiger partial charge in [0.05, 0.1) is 31.6 Å². The van der Waals surface area contributed by atoms with Crippen LogP contribution in [-0.2, 0) is 20.8 Å². The minimum absolute atomic E-state index is 0.0730. The molecule has 1 aromatic carbocycles. The fourth-order valence-electron chi connectivity index (χ4n) is 3.65. The number of amides is 2. The number of nitrogens with two attached hydrogens (primary N) is 1. The second-order valence-electron chi connectivity index (χ2n) is 7.77. The molecule has 32 heavy (non-hydrogen) atoms. The van der Waals surface area contributed by atoms with Gasteiger partial charge in [-0.15, -0.1) is 0 Å². The normalized spacial score (nSPS) is 17.4. The lowest BCUT2D eigenvalue weighted by molar-refractivity contribution is -0.144. The van der Waals surface area contributed by atoms with Crippen LogP contribution in [0, 0.1) is 0 Å². The lowest BCUT2D eigenvalue weighted by Crippen LogP contribution is -2.61. The molecule has 0 aromatic heterocycles. The van der Waals surface area contributed by atoms with Gasteiger partial charge >= 0.3 is 19.1 Å². The molecule has 13 heteroatoms. The molecule has 172 valence electrons. The van der Waals surface area contributed by atoms with Crippen molar-refractivity contribution in [3.8, 4) is 11.5 Å². The molecule has 2 amide bonds. The molecule has 1 fully saturated rings. The lowest BCUT2D eigenvalue weighted by atomic mass is 9.78. The number of ether oxygens (including phenoxy) is 1. The number of likely N-dealkylation sites (tertiary alicyclic amines) is 1. The van der Waals surface area contributed by atoms with Gasteiger partial charge in [0.1, 0.15) is 23.2 Å². The highest BCUT2D eigenvalue weighted by atomic mass is 16.5. The smallest absolute Gasteiger partial charge is 0.522 e. The molecule has 0 spiro atoms. The van der Waals surface area contributed by atoms with Crippen LogP contribution in [0.2, 0.25) is 6.32 Å². The van der Waals surface area contributed by atoms with Crippen LogP contribution in [0.15, 0.2) is 12.1 Å². The number of benzene rings is 1. The van der Waals surface area contributed by atoms with E-state index in [0.717, 1.165) is 0 Å². The Morgan fingerprint density at radius 1 is 1.31 bits per heavy atom. The number of hydrogen-bond acceptors (Lipinski definition) is 8. The lowest BCUT2D eigenvalue weighted by Gasteiger charge is -2.41. The molecule has 0 unspecified atom stereocenters. The van der Waals surface area contributed by atoms with E-state index in [0.29, 0.717) is 18.3 Å². The molecule has 0 saturated carbocycles. The Labute approximate surface area is 183 Å². The van der Waals surface area contributed by atoms with Crippen LogP contribution >= 0.6 is 0 Å². The van der Waals surface area contributed by atoms with Gasteiger partial charge in [0.2, 0.25) is 11.8 Å². The average molecular weight is 449 g/mol. The number of rotatable bonds is 9. The third-order valence-electron chi connectivity index (χ3n) is 5.33. The summed E-state index contributed by atoms with van der Waals surface area (Å²) in [7, 11) is -1.09. The summed E-state index contributed by atoms with van der Waals surface area (Å²) in [5.74, 6) is -3.59. The fourth-order valence-corrected chi connectivity index (χ4v) is 3.65. The number of aryl methyl sites for hydroxylation is 1. The van der Waals surface area contributed by atoms with Crippen molar-refractivity contribution in [2.75, 3.05) is 13.1 Å². The third kappa shape index (κ3) is 5.11. The van der Waals surface area contributed by atoms with E-state index in [4.69, 9.17) is 20.2 Å². The molecule has 0 aliphatic carbocycles. The van der Waals surface area contributed by atoms with Crippen molar-refractivity contribution in [3.05, 3.63) is 23.3 Å². The van der Waals surface area contributed by atoms with Crippen LogP contribution in [0.1, 0.15) is 29.3 Å². The van der Waals surface area contributed by atoms with Gasteiger partial charge in [-0.2, -0.15) is 0 Å². The van der Waals surface area contributed by atoms with Crippen molar-refractivity contribution in [1.82, 2.24) is 10.2 Å². The van der Waals surface area contributed by atoms with Crippen LogP contribution in [0.5, 0.6) is 11.5 Å². The van der Waals surface area contributed by atoms with E-state index in [-0.39, 0.29) is 36.1 Å². The first-order valence-electron chi connectivity index (χ1n) is 10.0. The summed E-state index contributed by atoms with van der Waals surface area (Å²) >= 11 is 0. The Kier molecular flexibility index (Phi) is 6.89. The van der Waals surface area contributed by atoms with Crippen LogP contribution in [-0.4, -0.2) is 82.3 Å². The number of nitrogens with zero attached hydrogens (tertiary/aromatic N) is 1. The van der Waals surface area contributed by atoms with Crippen molar-refractivity contribution in [1.29, 1.82) is 0 Å². The number of aliphatic carboxylic acids is 1. The Balaban J connectivity index is 1.61. The van der Waals surface area contributed by atoms with Gasteiger partial charge in [0, 0.05) is 0 Å². The zero-order valence-electron chi connectivity index (χ0n) is 17.3. The summed E-state index contributed by atoms with van der Waals surface area (Å²) in [5.41, 5.74) is 5.66. The average Bonchev–Trinajstić information content (AvgIpc) is 2.68. The van der Waals surface area contributed by atoms with Gasteiger partial charge < -0.3 is 35.3 Å². The molecule has 2 aliphatic rings. The number of fused-ring (bicyclic) bond motifs is 1. The summed E-state index contributed by atoms with van der Waals surface area (Å²) in [6.45, 7) is 1.83. The third-order valence-corrected chi connectivity index (χ3v) is 5.33. The second kappa shape index (κ2) is 9.45. The molecule has 2 aliphatic heterocycles. The standard InChI is InChI=1S/C19H24BN3O9/c1-9(22-12(17(21)26)6-14(24)25)18(27)23-7-11(8-23)31-13-3-2-10-4-5-20(30)32-16(10)15(13)19(28)29/h2-3,9,11-12,22,30H,4-8H2,1H3,(H2,21,26)(H,24,25)(H,28,29)/t9-,12-/m1/s1. The van der Waals surface area contributed by atoms with Crippen molar-refractivity contribution in [2.24, 2.45) is 5.73 Å². The molecule has 0 bridgehead atoms. The minimum Gasteiger partial charge on any atom is -0.535 e. The number of carbonyl (C=O) groups excluding carboxylic acids is 2. The molecule has 1 aromatic rings.